The van der Waals surface area contributed by atoms with Gasteiger partial charge in [0.05, 0.1) is 0 Å². The fourth-order valence-electron chi connectivity index (χ4n) is 1.68. The van der Waals surface area contributed by atoms with Crippen LogP contribution in [-0.4, -0.2) is 18.0 Å². The third kappa shape index (κ3) is 2.55. The molecule has 0 bridgehead atoms. The number of benzene rings is 1. The van der Waals surface area contributed by atoms with E-state index in [1.807, 2.05) is 19.9 Å². The van der Waals surface area contributed by atoms with Gasteiger partial charge in [-0.2, -0.15) is 0 Å². The molecule has 90 valence electrons. The molecule has 3 N–H and O–H groups in total. The predicted molar refractivity (Wildman–Crippen MR) is 64.9 cm³/mol. The Hall–Kier alpha value is -2.04. The van der Waals surface area contributed by atoms with Crippen molar-refractivity contribution in [2.45, 2.75) is 26.4 Å². The molecule has 3 amide bonds. The summed E-state index contributed by atoms with van der Waals surface area (Å²) in [5, 5.41) is 8.16. The highest BCUT2D eigenvalue weighted by atomic mass is 16.2. The zero-order valence-electron chi connectivity index (χ0n) is 9.83. The summed E-state index contributed by atoms with van der Waals surface area (Å²) in [6.07, 6.45) is 0. The Morgan fingerprint density at radius 1 is 1.41 bits per heavy atom. The molecule has 5 heteroatoms. The summed E-state index contributed by atoms with van der Waals surface area (Å²) in [4.78, 5) is 22.9. The highest BCUT2D eigenvalue weighted by Gasteiger charge is 2.16. The van der Waals surface area contributed by atoms with Crippen molar-refractivity contribution >= 4 is 17.6 Å². The first-order chi connectivity index (χ1) is 8.06. The second-order valence-corrected chi connectivity index (χ2v) is 4.31. The lowest BCUT2D eigenvalue weighted by molar-refractivity contribution is 0.0943. The molecule has 2 rings (SSSR count). The van der Waals surface area contributed by atoms with E-state index in [-0.39, 0.29) is 18.0 Å². The van der Waals surface area contributed by atoms with Crippen molar-refractivity contribution in [3.63, 3.8) is 0 Å². The molecular weight excluding hydrogens is 218 g/mol. The lowest BCUT2D eigenvalue weighted by Gasteiger charge is -2.19. The van der Waals surface area contributed by atoms with Crippen molar-refractivity contribution in [2.75, 3.05) is 5.32 Å². The number of rotatable bonds is 2. The van der Waals surface area contributed by atoms with Gasteiger partial charge < -0.3 is 16.0 Å². The van der Waals surface area contributed by atoms with E-state index >= 15 is 0 Å². The number of hydrogen-bond donors (Lipinski definition) is 3. The first-order valence-corrected chi connectivity index (χ1v) is 5.55. The van der Waals surface area contributed by atoms with Crippen LogP contribution in [0.5, 0.6) is 0 Å². The van der Waals surface area contributed by atoms with Gasteiger partial charge in [-0.1, -0.05) is 6.07 Å². The number of anilines is 1. The maximum atomic E-state index is 11.8. The highest BCUT2D eigenvalue weighted by molar-refractivity contribution is 5.98. The predicted octanol–water partition coefficient (Wildman–Crippen LogP) is 1.46. The summed E-state index contributed by atoms with van der Waals surface area (Å²) in [5.74, 6) is -0.129. The molecule has 0 atom stereocenters. The van der Waals surface area contributed by atoms with Gasteiger partial charge in [-0.25, -0.2) is 4.79 Å². The normalized spacial score (nSPS) is 13.7. The standard InChI is InChI=1S/C12H15N3O2/c1-7(2)14-11(16)8-3-4-9-6-13-12(17)15-10(9)5-8/h3-5,7H,6H2,1-2H3,(H,14,16)(H2,13,15,17). The molecule has 17 heavy (non-hydrogen) atoms. The second kappa shape index (κ2) is 4.45. The Morgan fingerprint density at radius 2 is 2.18 bits per heavy atom. The molecule has 0 unspecified atom stereocenters. The van der Waals surface area contributed by atoms with Gasteiger partial charge in [-0.3, -0.25) is 4.79 Å². The molecule has 0 spiro atoms. The Labute approximate surface area is 99.6 Å². The van der Waals surface area contributed by atoms with Gasteiger partial charge in [0.25, 0.3) is 5.91 Å². The summed E-state index contributed by atoms with van der Waals surface area (Å²) >= 11 is 0. The molecule has 0 saturated heterocycles. The number of carbonyl (C=O) groups is 2. The average Bonchev–Trinajstić information content (AvgIpc) is 2.27. The Kier molecular flexibility index (Phi) is 2.99. The SMILES string of the molecule is CC(C)NC(=O)c1ccc2c(c1)NC(=O)NC2. The molecule has 1 aromatic carbocycles. The molecule has 1 aromatic rings. The lowest BCUT2D eigenvalue weighted by atomic mass is 10.1. The van der Waals surface area contributed by atoms with Crippen LogP contribution in [0.1, 0.15) is 29.8 Å². The van der Waals surface area contributed by atoms with Crippen LogP contribution in [0.25, 0.3) is 0 Å². The van der Waals surface area contributed by atoms with E-state index in [4.69, 9.17) is 0 Å². The smallest absolute Gasteiger partial charge is 0.319 e. The van der Waals surface area contributed by atoms with Crippen LogP contribution in [0.4, 0.5) is 10.5 Å². The molecule has 0 saturated carbocycles. The zero-order chi connectivity index (χ0) is 12.4. The van der Waals surface area contributed by atoms with Gasteiger partial charge in [0.1, 0.15) is 0 Å². The Bertz CT molecular complexity index is 469. The van der Waals surface area contributed by atoms with E-state index in [1.165, 1.54) is 0 Å². The average molecular weight is 233 g/mol. The zero-order valence-corrected chi connectivity index (χ0v) is 9.83. The van der Waals surface area contributed by atoms with Crippen LogP contribution in [0.2, 0.25) is 0 Å². The summed E-state index contributed by atoms with van der Waals surface area (Å²) in [6, 6.07) is 5.16. The number of amides is 3. The van der Waals surface area contributed by atoms with E-state index in [2.05, 4.69) is 16.0 Å². The first-order valence-electron chi connectivity index (χ1n) is 5.55. The molecule has 0 aromatic heterocycles. The minimum atomic E-state index is -0.237. The molecule has 0 radical (unpaired) electrons. The third-order valence-corrected chi connectivity index (χ3v) is 2.48. The van der Waals surface area contributed by atoms with E-state index in [9.17, 15) is 9.59 Å². The van der Waals surface area contributed by atoms with E-state index < -0.39 is 0 Å². The second-order valence-electron chi connectivity index (χ2n) is 4.31. The number of urea groups is 1. The third-order valence-electron chi connectivity index (χ3n) is 2.48. The summed E-state index contributed by atoms with van der Waals surface area (Å²) in [6.45, 7) is 4.30. The van der Waals surface area contributed by atoms with Gasteiger partial charge in [0.15, 0.2) is 0 Å². The van der Waals surface area contributed by atoms with Crippen molar-refractivity contribution in [1.29, 1.82) is 0 Å². The molecule has 0 aliphatic carbocycles. The number of nitrogens with one attached hydrogen (secondary N) is 3. The van der Waals surface area contributed by atoms with Crippen LogP contribution in [-0.2, 0) is 6.54 Å². The minimum absolute atomic E-state index is 0.0924. The number of hydrogen-bond acceptors (Lipinski definition) is 2. The quantitative estimate of drug-likeness (QED) is 0.723. The Balaban J connectivity index is 2.23. The van der Waals surface area contributed by atoms with Crippen molar-refractivity contribution in [3.05, 3.63) is 29.3 Å². The summed E-state index contributed by atoms with van der Waals surface area (Å²) in [5.41, 5.74) is 2.23. The molecule has 1 heterocycles. The van der Waals surface area contributed by atoms with Crippen molar-refractivity contribution in [1.82, 2.24) is 10.6 Å². The first kappa shape index (κ1) is 11.4. The molecule has 0 fully saturated rings. The largest absolute Gasteiger partial charge is 0.350 e. The molecule has 1 aliphatic rings. The van der Waals surface area contributed by atoms with Gasteiger partial charge in [0.2, 0.25) is 0 Å². The maximum Gasteiger partial charge on any atom is 0.319 e. The van der Waals surface area contributed by atoms with Gasteiger partial charge in [-0.15, -0.1) is 0 Å². The molecule has 5 nitrogen and oxygen atoms in total. The van der Waals surface area contributed by atoms with Crippen LogP contribution in [0, 0.1) is 0 Å². The fraction of sp³-hybridized carbons (Fsp3) is 0.333. The molecule has 1 aliphatic heterocycles. The van der Waals surface area contributed by atoms with Crippen LogP contribution in [0.15, 0.2) is 18.2 Å². The summed E-state index contributed by atoms with van der Waals surface area (Å²) in [7, 11) is 0. The van der Waals surface area contributed by atoms with Crippen LogP contribution in [0.3, 0.4) is 0 Å². The van der Waals surface area contributed by atoms with Gasteiger partial charge >= 0.3 is 6.03 Å². The van der Waals surface area contributed by atoms with Gasteiger partial charge in [-0.05, 0) is 31.5 Å². The summed E-state index contributed by atoms with van der Waals surface area (Å²) < 4.78 is 0. The van der Waals surface area contributed by atoms with E-state index in [1.54, 1.807) is 12.1 Å². The Morgan fingerprint density at radius 3 is 2.88 bits per heavy atom. The van der Waals surface area contributed by atoms with Crippen LogP contribution < -0.4 is 16.0 Å². The van der Waals surface area contributed by atoms with E-state index in [0.29, 0.717) is 17.8 Å². The van der Waals surface area contributed by atoms with Crippen LogP contribution >= 0.6 is 0 Å². The minimum Gasteiger partial charge on any atom is -0.350 e. The maximum absolute atomic E-state index is 11.8. The lowest BCUT2D eigenvalue weighted by Crippen LogP contribution is -2.34. The number of fused-ring (bicyclic) bond motifs is 1. The van der Waals surface area contributed by atoms with Crippen molar-refractivity contribution in [2.24, 2.45) is 0 Å². The van der Waals surface area contributed by atoms with E-state index in [0.717, 1.165) is 5.56 Å². The fourth-order valence-corrected chi connectivity index (χ4v) is 1.68. The van der Waals surface area contributed by atoms with Gasteiger partial charge in [0, 0.05) is 23.8 Å². The van der Waals surface area contributed by atoms with Crippen molar-refractivity contribution in [3.8, 4) is 0 Å². The number of carbonyl (C=O) groups excluding carboxylic acids is 2. The topological polar surface area (TPSA) is 70.2 Å². The monoisotopic (exact) mass is 233 g/mol. The molecular formula is C12H15N3O2. The highest BCUT2D eigenvalue weighted by Crippen LogP contribution is 2.20. The van der Waals surface area contributed by atoms with Crippen molar-refractivity contribution < 1.29 is 9.59 Å².